The van der Waals surface area contributed by atoms with Gasteiger partial charge in [0.2, 0.25) is 5.91 Å². The highest BCUT2D eigenvalue weighted by Gasteiger charge is 2.40. The van der Waals surface area contributed by atoms with Crippen LogP contribution in [0.3, 0.4) is 0 Å². The summed E-state index contributed by atoms with van der Waals surface area (Å²) >= 11 is 0. The molecule has 2 heterocycles. The van der Waals surface area contributed by atoms with E-state index >= 15 is 0 Å². The molecule has 0 aromatic heterocycles. The number of carbonyl (C=O) groups excluding carboxylic acids is 1. The number of hydrogen-bond donors (Lipinski definition) is 0. The van der Waals surface area contributed by atoms with Crippen LogP contribution in [0.2, 0.25) is 0 Å². The van der Waals surface area contributed by atoms with E-state index in [4.69, 9.17) is 4.74 Å². The van der Waals surface area contributed by atoms with Crippen molar-refractivity contribution in [2.24, 2.45) is 0 Å². The first-order chi connectivity index (χ1) is 8.18. The molecule has 0 bridgehead atoms. The van der Waals surface area contributed by atoms with Gasteiger partial charge in [-0.1, -0.05) is 24.3 Å². The predicted octanol–water partition coefficient (Wildman–Crippen LogP) is 1.92. The molecule has 0 spiro atoms. The first-order valence-electron chi connectivity index (χ1n) is 6.20. The van der Waals surface area contributed by atoms with Crippen molar-refractivity contribution in [3.63, 3.8) is 0 Å². The van der Waals surface area contributed by atoms with Crippen molar-refractivity contribution in [2.45, 2.75) is 38.5 Å². The Hall–Kier alpha value is -1.35. The van der Waals surface area contributed by atoms with Crippen LogP contribution in [0.5, 0.6) is 0 Å². The molecule has 0 aliphatic carbocycles. The van der Waals surface area contributed by atoms with E-state index in [0.717, 1.165) is 12.0 Å². The molecule has 1 aromatic carbocycles. The lowest BCUT2D eigenvalue weighted by molar-refractivity contribution is -0.138. The maximum Gasteiger partial charge on any atom is 0.232 e. The van der Waals surface area contributed by atoms with Gasteiger partial charge in [0.25, 0.3) is 0 Å². The van der Waals surface area contributed by atoms with Crippen LogP contribution in [0.15, 0.2) is 24.3 Å². The fraction of sp³-hybridized carbons (Fsp3) is 0.500. The molecule has 3 rings (SSSR count). The molecule has 1 amide bonds. The molecule has 2 aliphatic rings. The maximum atomic E-state index is 12.4. The Morgan fingerprint density at radius 2 is 2.06 bits per heavy atom. The van der Waals surface area contributed by atoms with Gasteiger partial charge < -0.3 is 9.64 Å². The van der Waals surface area contributed by atoms with Crippen molar-refractivity contribution >= 4 is 5.91 Å². The molecule has 3 heteroatoms. The van der Waals surface area contributed by atoms with Gasteiger partial charge in [-0.2, -0.15) is 0 Å². The smallest absolute Gasteiger partial charge is 0.232 e. The number of nitrogens with zero attached hydrogens (tertiary/aromatic N) is 1. The topological polar surface area (TPSA) is 29.5 Å². The largest absolute Gasteiger partial charge is 0.356 e. The summed E-state index contributed by atoms with van der Waals surface area (Å²) < 4.78 is 5.73. The molecule has 3 nitrogen and oxygen atoms in total. The molecule has 0 saturated carbocycles. The minimum Gasteiger partial charge on any atom is -0.356 e. The van der Waals surface area contributed by atoms with Crippen LogP contribution in [0.25, 0.3) is 0 Å². The first-order valence-corrected chi connectivity index (χ1v) is 6.20. The van der Waals surface area contributed by atoms with Gasteiger partial charge in [0.1, 0.15) is 6.23 Å². The standard InChI is InChI=1S/C14H17NO2/c1-9-8-17-13-7-11-5-3-4-6-12(11)10(2)14(16)15(9)13/h3-6,9-10,13H,7-8H2,1-2H3/t9-,10+,13-/m1/s1. The number of fused-ring (bicyclic) bond motifs is 2. The molecule has 3 atom stereocenters. The van der Waals surface area contributed by atoms with Crippen LogP contribution >= 0.6 is 0 Å². The molecule has 90 valence electrons. The monoisotopic (exact) mass is 231 g/mol. The number of hydrogen-bond acceptors (Lipinski definition) is 2. The summed E-state index contributed by atoms with van der Waals surface area (Å²) in [5.41, 5.74) is 2.40. The maximum absolute atomic E-state index is 12.4. The predicted molar refractivity (Wildman–Crippen MR) is 64.6 cm³/mol. The molecule has 0 radical (unpaired) electrons. The van der Waals surface area contributed by atoms with E-state index in [1.54, 1.807) is 0 Å². The Kier molecular flexibility index (Phi) is 2.44. The van der Waals surface area contributed by atoms with Gasteiger partial charge in [-0.15, -0.1) is 0 Å². The van der Waals surface area contributed by atoms with E-state index in [9.17, 15) is 4.79 Å². The van der Waals surface area contributed by atoms with E-state index in [1.165, 1.54) is 5.56 Å². The third kappa shape index (κ3) is 1.57. The lowest BCUT2D eigenvalue weighted by atomic mass is 9.95. The number of ether oxygens (including phenoxy) is 1. The summed E-state index contributed by atoms with van der Waals surface area (Å²) in [7, 11) is 0. The van der Waals surface area contributed by atoms with E-state index in [0.29, 0.717) is 6.61 Å². The zero-order valence-electron chi connectivity index (χ0n) is 10.2. The van der Waals surface area contributed by atoms with Crippen LogP contribution in [0.1, 0.15) is 30.9 Å². The van der Waals surface area contributed by atoms with Crippen LogP contribution in [-0.2, 0) is 16.0 Å². The summed E-state index contributed by atoms with van der Waals surface area (Å²) in [6, 6.07) is 8.40. The van der Waals surface area contributed by atoms with Crippen molar-refractivity contribution in [1.29, 1.82) is 0 Å². The zero-order chi connectivity index (χ0) is 12.0. The average molecular weight is 231 g/mol. The van der Waals surface area contributed by atoms with Crippen LogP contribution in [0.4, 0.5) is 0 Å². The molecule has 2 aliphatic heterocycles. The second-order valence-corrected chi connectivity index (χ2v) is 5.01. The van der Waals surface area contributed by atoms with Crippen LogP contribution in [0, 0.1) is 0 Å². The summed E-state index contributed by atoms with van der Waals surface area (Å²) in [6.07, 6.45) is 0.750. The van der Waals surface area contributed by atoms with E-state index < -0.39 is 0 Å². The highest BCUT2D eigenvalue weighted by atomic mass is 16.5. The third-order valence-electron chi connectivity index (χ3n) is 3.86. The lowest BCUT2D eigenvalue weighted by Gasteiger charge is -2.25. The Balaban J connectivity index is 2.06. The van der Waals surface area contributed by atoms with Gasteiger partial charge in [0.05, 0.1) is 18.6 Å². The highest BCUT2D eigenvalue weighted by molar-refractivity contribution is 5.85. The fourth-order valence-electron chi connectivity index (χ4n) is 2.90. The highest BCUT2D eigenvalue weighted by Crippen LogP contribution is 2.32. The van der Waals surface area contributed by atoms with Crippen molar-refractivity contribution in [3.05, 3.63) is 35.4 Å². The van der Waals surface area contributed by atoms with E-state index in [1.807, 2.05) is 24.0 Å². The van der Waals surface area contributed by atoms with Crippen LogP contribution < -0.4 is 0 Å². The second kappa shape index (κ2) is 3.84. The minimum atomic E-state index is -0.0661. The summed E-state index contributed by atoms with van der Waals surface area (Å²) in [5.74, 6) is 0.144. The van der Waals surface area contributed by atoms with Crippen molar-refractivity contribution in [1.82, 2.24) is 4.90 Å². The Morgan fingerprint density at radius 1 is 1.29 bits per heavy atom. The third-order valence-corrected chi connectivity index (χ3v) is 3.86. The Bertz CT molecular complexity index is 457. The number of benzene rings is 1. The van der Waals surface area contributed by atoms with Gasteiger partial charge in [-0.3, -0.25) is 4.79 Å². The minimum absolute atomic E-state index is 0.0552. The Morgan fingerprint density at radius 3 is 2.88 bits per heavy atom. The second-order valence-electron chi connectivity index (χ2n) is 5.01. The SMILES string of the molecule is C[C@@H]1C(=O)N2[C@H](C)CO[C@@H]2Cc2ccccc21. The van der Waals surface area contributed by atoms with Crippen LogP contribution in [-0.4, -0.2) is 29.7 Å². The molecule has 0 N–H and O–H groups in total. The molecule has 1 fully saturated rings. The van der Waals surface area contributed by atoms with E-state index in [2.05, 4.69) is 19.1 Å². The Labute approximate surface area is 101 Å². The lowest BCUT2D eigenvalue weighted by Crippen LogP contribution is -2.41. The fourth-order valence-corrected chi connectivity index (χ4v) is 2.90. The first kappa shape index (κ1) is 10.8. The molecule has 1 aromatic rings. The molecule has 0 unspecified atom stereocenters. The zero-order valence-corrected chi connectivity index (χ0v) is 10.2. The molecular weight excluding hydrogens is 214 g/mol. The van der Waals surface area contributed by atoms with Gasteiger partial charge in [0, 0.05) is 6.42 Å². The normalized spacial score (nSPS) is 32.0. The van der Waals surface area contributed by atoms with Gasteiger partial charge in [0.15, 0.2) is 0 Å². The van der Waals surface area contributed by atoms with Crippen molar-refractivity contribution in [2.75, 3.05) is 6.61 Å². The molecule has 1 saturated heterocycles. The summed E-state index contributed by atoms with van der Waals surface area (Å²) in [6.45, 7) is 4.71. The quantitative estimate of drug-likeness (QED) is 0.682. The summed E-state index contributed by atoms with van der Waals surface area (Å²) in [4.78, 5) is 14.4. The average Bonchev–Trinajstić information content (AvgIpc) is 2.64. The number of rotatable bonds is 0. The van der Waals surface area contributed by atoms with Crippen molar-refractivity contribution in [3.8, 4) is 0 Å². The van der Waals surface area contributed by atoms with Gasteiger partial charge >= 0.3 is 0 Å². The molecule has 17 heavy (non-hydrogen) atoms. The summed E-state index contributed by atoms with van der Waals surface area (Å²) in [5, 5.41) is 0. The van der Waals surface area contributed by atoms with Gasteiger partial charge in [-0.25, -0.2) is 0 Å². The van der Waals surface area contributed by atoms with E-state index in [-0.39, 0.29) is 24.1 Å². The number of carbonyl (C=O) groups is 1. The van der Waals surface area contributed by atoms with Crippen molar-refractivity contribution < 1.29 is 9.53 Å². The number of amides is 1. The van der Waals surface area contributed by atoms with Gasteiger partial charge in [-0.05, 0) is 25.0 Å². The molecular formula is C14H17NO2.